The van der Waals surface area contributed by atoms with Crippen LogP contribution in [0, 0.1) is 6.92 Å². The molecular weight excluding hydrogens is 366 g/mol. The molecule has 0 atom stereocenters. The standard InChI is InChI=1S/C23H19N3O3/c1-15-7-10-17(11-8-15)24-22(28)20-13-16-9-12-19(27)14-21(16)29-23(20)26-25-18-5-3-2-4-6-18/h2-14,25,27H,1H3,(H,24,28)/b26-23-. The van der Waals surface area contributed by atoms with Gasteiger partial charge in [0, 0.05) is 17.1 Å². The van der Waals surface area contributed by atoms with Gasteiger partial charge in [-0.05, 0) is 49.4 Å². The quantitative estimate of drug-likeness (QED) is 0.447. The number of para-hydroxylation sites is 1. The Morgan fingerprint density at radius 2 is 1.69 bits per heavy atom. The molecular formula is C23H19N3O3. The molecule has 0 unspecified atom stereocenters. The summed E-state index contributed by atoms with van der Waals surface area (Å²) in [5.41, 5.74) is 6.23. The van der Waals surface area contributed by atoms with E-state index >= 15 is 0 Å². The number of anilines is 2. The second-order valence-corrected chi connectivity index (χ2v) is 6.60. The number of carbonyl (C=O) groups excluding carboxylic acids is 1. The van der Waals surface area contributed by atoms with Crippen molar-refractivity contribution in [3.8, 4) is 5.75 Å². The van der Waals surface area contributed by atoms with Crippen molar-refractivity contribution in [3.05, 3.63) is 95.5 Å². The molecule has 29 heavy (non-hydrogen) atoms. The predicted molar refractivity (Wildman–Crippen MR) is 113 cm³/mol. The number of hydrogen-bond acceptors (Lipinski definition) is 5. The zero-order valence-corrected chi connectivity index (χ0v) is 15.7. The van der Waals surface area contributed by atoms with Gasteiger partial charge in [0.25, 0.3) is 5.91 Å². The number of rotatable bonds is 4. The third-order valence-electron chi connectivity index (χ3n) is 4.35. The smallest absolute Gasteiger partial charge is 0.261 e. The van der Waals surface area contributed by atoms with Crippen molar-refractivity contribution in [3.63, 3.8) is 0 Å². The van der Waals surface area contributed by atoms with Crippen LogP contribution in [-0.4, -0.2) is 11.0 Å². The Labute approximate surface area is 167 Å². The molecule has 3 N–H and O–H groups in total. The highest BCUT2D eigenvalue weighted by molar-refractivity contribution is 6.05. The predicted octanol–water partition coefficient (Wildman–Crippen LogP) is 4.63. The Morgan fingerprint density at radius 3 is 2.45 bits per heavy atom. The van der Waals surface area contributed by atoms with Crippen LogP contribution in [0.3, 0.4) is 0 Å². The van der Waals surface area contributed by atoms with Gasteiger partial charge in [-0.3, -0.25) is 10.2 Å². The van der Waals surface area contributed by atoms with Gasteiger partial charge >= 0.3 is 0 Å². The van der Waals surface area contributed by atoms with Crippen LogP contribution in [0.25, 0.3) is 11.0 Å². The third kappa shape index (κ3) is 4.27. The third-order valence-corrected chi connectivity index (χ3v) is 4.35. The zero-order valence-electron chi connectivity index (χ0n) is 15.7. The molecule has 0 spiro atoms. The molecule has 0 saturated heterocycles. The summed E-state index contributed by atoms with van der Waals surface area (Å²) < 4.78 is 5.82. The number of nitrogens with zero attached hydrogens (tertiary/aromatic N) is 1. The number of aromatic hydroxyl groups is 1. The number of hydrogen-bond donors (Lipinski definition) is 3. The molecule has 6 heteroatoms. The lowest BCUT2D eigenvalue weighted by molar-refractivity contribution is 0.102. The molecule has 4 aromatic rings. The SMILES string of the molecule is Cc1ccc(NC(=O)c2cc3ccc(O)cc3o/c2=N\Nc2ccccc2)cc1. The van der Waals surface area contributed by atoms with Crippen LogP contribution < -0.4 is 16.3 Å². The molecule has 0 aliphatic carbocycles. The molecule has 0 radical (unpaired) electrons. The molecule has 1 aromatic heterocycles. The second-order valence-electron chi connectivity index (χ2n) is 6.60. The van der Waals surface area contributed by atoms with E-state index in [9.17, 15) is 9.90 Å². The molecule has 144 valence electrons. The minimum atomic E-state index is -0.346. The lowest BCUT2D eigenvalue weighted by Gasteiger charge is -2.08. The van der Waals surface area contributed by atoms with Crippen molar-refractivity contribution in [1.82, 2.24) is 0 Å². The summed E-state index contributed by atoms with van der Waals surface area (Å²) in [6.45, 7) is 1.98. The van der Waals surface area contributed by atoms with Gasteiger partial charge in [-0.15, -0.1) is 5.10 Å². The van der Waals surface area contributed by atoms with E-state index in [-0.39, 0.29) is 22.8 Å². The van der Waals surface area contributed by atoms with Crippen molar-refractivity contribution in [2.24, 2.45) is 5.10 Å². The maximum atomic E-state index is 12.9. The van der Waals surface area contributed by atoms with Crippen LogP contribution in [-0.2, 0) is 0 Å². The van der Waals surface area contributed by atoms with Gasteiger partial charge in [-0.1, -0.05) is 35.9 Å². The summed E-state index contributed by atoms with van der Waals surface area (Å²) in [5.74, 6) is -0.277. The maximum Gasteiger partial charge on any atom is 0.261 e. The summed E-state index contributed by atoms with van der Waals surface area (Å²) in [4.78, 5) is 12.9. The molecule has 3 aromatic carbocycles. The fraction of sp³-hybridized carbons (Fsp3) is 0.0435. The van der Waals surface area contributed by atoms with Crippen LogP contribution in [0.1, 0.15) is 15.9 Å². The minimum absolute atomic E-state index is 0.0695. The normalized spacial score (nSPS) is 11.4. The lowest BCUT2D eigenvalue weighted by atomic mass is 10.1. The molecule has 0 bridgehead atoms. The molecule has 0 fully saturated rings. The van der Waals surface area contributed by atoms with E-state index < -0.39 is 0 Å². The number of aryl methyl sites for hydroxylation is 1. The second kappa shape index (κ2) is 7.90. The van der Waals surface area contributed by atoms with Crippen LogP contribution in [0.2, 0.25) is 0 Å². The fourth-order valence-electron chi connectivity index (χ4n) is 2.82. The number of nitrogens with one attached hydrogen (secondary N) is 2. The summed E-state index contributed by atoms with van der Waals surface area (Å²) in [7, 11) is 0. The first-order valence-electron chi connectivity index (χ1n) is 9.08. The van der Waals surface area contributed by atoms with Crippen molar-refractivity contribution in [1.29, 1.82) is 0 Å². The molecule has 4 rings (SSSR count). The van der Waals surface area contributed by atoms with E-state index in [0.29, 0.717) is 16.7 Å². The van der Waals surface area contributed by atoms with Gasteiger partial charge in [0.15, 0.2) is 0 Å². The summed E-state index contributed by atoms with van der Waals surface area (Å²) >= 11 is 0. The highest BCUT2D eigenvalue weighted by atomic mass is 16.3. The Bertz CT molecular complexity index is 1230. The maximum absolute atomic E-state index is 12.9. The molecule has 1 amide bonds. The van der Waals surface area contributed by atoms with E-state index in [0.717, 1.165) is 11.3 Å². The highest BCUT2D eigenvalue weighted by Gasteiger charge is 2.13. The first-order chi connectivity index (χ1) is 14.1. The Hall–Kier alpha value is -4.06. The van der Waals surface area contributed by atoms with Crippen molar-refractivity contribution in [2.75, 3.05) is 10.7 Å². The van der Waals surface area contributed by atoms with E-state index in [1.54, 1.807) is 18.2 Å². The van der Waals surface area contributed by atoms with Crippen molar-refractivity contribution < 1.29 is 14.3 Å². The van der Waals surface area contributed by atoms with Gasteiger partial charge < -0.3 is 14.8 Å². The molecule has 0 aliphatic rings. The summed E-state index contributed by atoms with van der Waals surface area (Å²) in [6.07, 6.45) is 0. The topological polar surface area (TPSA) is 86.9 Å². The average molecular weight is 385 g/mol. The number of carbonyl (C=O) groups is 1. The van der Waals surface area contributed by atoms with Crippen LogP contribution in [0.5, 0.6) is 5.75 Å². The highest BCUT2D eigenvalue weighted by Crippen LogP contribution is 2.20. The Balaban J connectivity index is 1.76. The van der Waals surface area contributed by atoms with Gasteiger partial charge in [-0.2, -0.15) is 0 Å². The van der Waals surface area contributed by atoms with E-state index in [1.807, 2.05) is 61.5 Å². The number of benzene rings is 3. The fourth-order valence-corrected chi connectivity index (χ4v) is 2.82. The van der Waals surface area contributed by atoms with Crippen LogP contribution in [0.4, 0.5) is 11.4 Å². The Kier molecular flexibility index (Phi) is 4.99. The van der Waals surface area contributed by atoms with E-state index in [4.69, 9.17) is 4.42 Å². The number of amides is 1. The first-order valence-corrected chi connectivity index (χ1v) is 9.08. The number of phenols is 1. The number of fused-ring (bicyclic) bond motifs is 1. The van der Waals surface area contributed by atoms with Crippen LogP contribution in [0.15, 0.2) is 88.4 Å². The molecule has 0 aliphatic heterocycles. The van der Waals surface area contributed by atoms with Gasteiger partial charge in [0.1, 0.15) is 16.9 Å². The van der Waals surface area contributed by atoms with Gasteiger partial charge in [0.05, 0.1) is 5.69 Å². The number of phenolic OH excluding ortho intramolecular Hbond substituents is 1. The molecule has 6 nitrogen and oxygen atoms in total. The largest absolute Gasteiger partial charge is 0.508 e. The average Bonchev–Trinajstić information content (AvgIpc) is 2.74. The van der Waals surface area contributed by atoms with Gasteiger partial charge in [-0.25, -0.2) is 0 Å². The van der Waals surface area contributed by atoms with E-state index in [1.165, 1.54) is 6.07 Å². The van der Waals surface area contributed by atoms with Crippen molar-refractivity contribution >= 4 is 28.3 Å². The van der Waals surface area contributed by atoms with Crippen LogP contribution >= 0.6 is 0 Å². The lowest BCUT2D eigenvalue weighted by Crippen LogP contribution is -2.22. The molecule has 1 heterocycles. The minimum Gasteiger partial charge on any atom is -0.508 e. The summed E-state index contributed by atoms with van der Waals surface area (Å²) in [5, 5.41) is 17.6. The molecule has 0 saturated carbocycles. The van der Waals surface area contributed by atoms with E-state index in [2.05, 4.69) is 15.8 Å². The van der Waals surface area contributed by atoms with Gasteiger partial charge in [0.2, 0.25) is 5.55 Å². The monoisotopic (exact) mass is 385 g/mol. The van der Waals surface area contributed by atoms with Crippen molar-refractivity contribution in [2.45, 2.75) is 6.92 Å². The Morgan fingerprint density at radius 1 is 0.931 bits per heavy atom. The zero-order chi connectivity index (χ0) is 20.2. The summed E-state index contributed by atoms with van der Waals surface area (Å²) in [6, 6.07) is 23.3. The first kappa shape index (κ1) is 18.3.